The highest BCUT2D eigenvalue weighted by molar-refractivity contribution is 5.94. The van der Waals surface area contributed by atoms with Gasteiger partial charge in [-0.05, 0) is 32.0 Å². The standard InChI is InChI=1S/C16H23N3O3/c1-21-15-6-5-12(9-17-15)16(20)18-13-10-22-11-14(13)19-7-3-2-4-8-19/h5-6,9,13-14H,2-4,7-8,10-11H2,1H3,(H,18,20)/t13-,14-/m0/s1. The molecule has 3 rings (SSSR count). The van der Waals surface area contributed by atoms with Crippen molar-refractivity contribution >= 4 is 5.91 Å². The van der Waals surface area contributed by atoms with E-state index in [0.29, 0.717) is 24.7 Å². The Balaban J connectivity index is 1.61. The first-order valence-corrected chi connectivity index (χ1v) is 7.90. The normalized spacial score (nSPS) is 25.9. The maximum Gasteiger partial charge on any atom is 0.253 e. The summed E-state index contributed by atoms with van der Waals surface area (Å²) in [5, 5.41) is 3.09. The molecule has 2 fully saturated rings. The SMILES string of the molecule is COc1ccc(C(=O)N[C@H]2COC[C@@H]2N2CCCCC2)cn1. The molecule has 1 aromatic rings. The highest BCUT2D eigenvalue weighted by atomic mass is 16.5. The first-order valence-electron chi connectivity index (χ1n) is 7.90. The predicted molar refractivity (Wildman–Crippen MR) is 82.1 cm³/mol. The maximum absolute atomic E-state index is 12.4. The Morgan fingerprint density at radius 1 is 1.32 bits per heavy atom. The van der Waals surface area contributed by atoms with Gasteiger partial charge in [-0.25, -0.2) is 4.98 Å². The minimum atomic E-state index is -0.104. The van der Waals surface area contributed by atoms with Crippen molar-refractivity contribution in [2.45, 2.75) is 31.3 Å². The average Bonchev–Trinajstić information content (AvgIpc) is 3.04. The predicted octanol–water partition coefficient (Wildman–Crippen LogP) is 1.07. The lowest BCUT2D eigenvalue weighted by atomic mass is 10.0. The molecule has 0 aliphatic carbocycles. The number of methoxy groups -OCH3 is 1. The summed E-state index contributed by atoms with van der Waals surface area (Å²) < 4.78 is 10.6. The van der Waals surface area contributed by atoms with Crippen LogP contribution < -0.4 is 10.1 Å². The molecule has 1 N–H and O–H groups in total. The molecule has 22 heavy (non-hydrogen) atoms. The number of carbonyl (C=O) groups excluding carboxylic acids is 1. The summed E-state index contributed by atoms with van der Waals surface area (Å²) in [4.78, 5) is 18.9. The van der Waals surface area contributed by atoms with Crippen LogP contribution in [0.2, 0.25) is 0 Å². The molecule has 1 aromatic heterocycles. The molecule has 120 valence electrons. The van der Waals surface area contributed by atoms with Crippen molar-refractivity contribution in [2.75, 3.05) is 33.4 Å². The molecule has 2 saturated heterocycles. The van der Waals surface area contributed by atoms with Crippen molar-refractivity contribution in [1.29, 1.82) is 0 Å². The van der Waals surface area contributed by atoms with Crippen LogP contribution in [0.5, 0.6) is 5.88 Å². The first-order chi connectivity index (χ1) is 10.8. The smallest absolute Gasteiger partial charge is 0.253 e. The summed E-state index contributed by atoms with van der Waals surface area (Å²) in [5.41, 5.74) is 0.546. The van der Waals surface area contributed by atoms with Crippen LogP contribution in [0.4, 0.5) is 0 Å². The number of pyridine rings is 1. The first kappa shape index (κ1) is 15.2. The molecule has 2 aliphatic heterocycles. The van der Waals surface area contributed by atoms with Gasteiger partial charge in [-0.2, -0.15) is 0 Å². The third-order valence-electron chi connectivity index (χ3n) is 4.43. The van der Waals surface area contributed by atoms with Gasteiger partial charge in [0.15, 0.2) is 0 Å². The van der Waals surface area contributed by atoms with E-state index in [2.05, 4.69) is 15.2 Å². The second-order valence-corrected chi connectivity index (χ2v) is 5.87. The Labute approximate surface area is 130 Å². The quantitative estimate of drug-likeness (QED) is 0.901. The number of amides is 1. The van der Waals surface area contributed by atoms with Crippen molar-refractivity contribution in [2.24, 2.45) is 0 Å². The van der Waals surface area contributed by atoms with Gasteiger partial charge in [-0.1, -0.05) is 6.42 Å². The van der Waals surface area contributed by atoms with Crippen LogP contribution in [0.3, 0.4) is 0 Å². The van der Waals surface area contributed by atoms with Gasteiger partial charge in [-0.3, -0.25) is 9.69 Å². The lowest BCUT2D eigenvalue weighted by Gasteiger charge is -2.34. The van der Waals surface area contributed by atoms with Gasteiger partial charge in [0.05, 0.1) is 38.0 Å². The van der Waals surface area contributed by atoms with E-state index in [9.17, 15) is 4.79 Å². The van der Waals surface area contributed by atoms with Crippen LogP contribution in [0.15, 0.2) is 18.3 Å². The van der Waals surface area contributed by atoms with E-state index in [4.69, 9.17) is 9.47 Å². The van der Waals surface area contributed by atoms with Crippen molar-refractivity contribution in [3.63, 3.8) is 0 Å². The van der Waals surface area contributed by atoms with E-state index < -0.39 is 0 Å². The highest BCUT2D eigenvalue weighted by Gasteiger charge is 2.34. The monoisotopic (exact) mass is 305 g/mol. The van der Waals surface area contributed by atoms with Crippen molar-refractivity contribution < 1.29 is 14.3 Å². The molecule has 2 atom stereocenters. The van der Waals surface area contributed by atoms with Crippen LogP contribution in [-0.4, -0.2) is 61.3 Å². The zero-order valence-electron chi connectivity index (χ0n) is 13.0. The molecule has 6 heteroatoms. The van der Waals surface area contributed by atoms with Crippen molar-refractivity contribution in [3.05, 3.63) is 23.9 Å². The number of nitrogens with one attached hydrogen (secondary N) is 1. The molecule has 3 heterocycles. The van der Waals surface area contributed by atoms with E-state index in [1.165, 1.54) is 19.3 Å². The molecule has 2 aliphatic rings. The lowest BCUT2D eigenvalue weighted by Crippen LogP contribution is -2.52. The number of aromatic nitrogens is 1. The Morgan fingerprint density at radius 3 is 2.82 bits per heavy atom. The van der Waals surface area contributed by atoms with E-state index in [1.54, 1.807) is 25.4 Å². The fourth-order valence-electron chi connectivity index (χ4n) is 3.18. The minimum Gasteiger partial charge on any atom is -0.481 e. The second-order valence-electron chi connectivity index (χ2n) is 5.87. The van der Waals surface area contributed by atoms with Crippen LogP contribution >= 0.6 is 0 Å². The van der Waals surface area contributed by atoms with E-state index in [1.807, 2.05) is 0 Å². The maximum atomic E-state index is 12.4. The third-order valence-corrected chi connectivity index (χ3v) is 4.43. The molecule has 1 amide bonds. The number of rotatable bonds is 4. The molecule has 0 unspecified atom stereocenters. The largest absolute Gasteiger partial charge is 0.481 e. The zero-order chi connectivity index (χ0) is 15.4. The van der Waals surface area contributed by atoms with Crippen LogP contribution in [0.25, 0.3) is 0 Å². The van der Waals surface area contributed by atoms with Gasteiger partial charge >= 0.3 is 0 Å². The van der Waals surface area contributed by atoms with E-state index >= 15 is 0 Å². The molecular formula is C16H23N3O3. The Kier molecular flexibility index (Phi) is 4.90. The number of hydrogen-bond acceptors (Lipinski definition) is 5. The summed E-state index contributed by atoms with van der Waals surface area (Å²) in [5.74, 6) is 0.402. The van der Waals surface area contributed by atoms with Gasteiger partial charge in [0.1, 0.15) is 0 Å². The van der Waals surface area contributed by atoms with Gasteiger partial charge < -0.3 is 14.8 Å². The number of carbonyl (C=O) groups is 1. The average molecular weight is 305 g/mol. The summed E-state index contributed by atoms with van der Waals surface area (Å²) in [6.45, 7) is 3.48. The molecule has 0 bridgehead atoms. The molecular weight excluding hydrogens is 282 g/mol. The summed E-state index contributed by atoms with van der Waals surface area (Å²) in [6, 6.07) is 3.76. The van der Waals surface area contributed by atoms with Gasteiger partial charge in [0.2, 0.25) is 5.88 Å². The number of nitrogens with zero attached hydrogens (tertiary/aromatic N) is 2. The number of likely N-dealkylation sites (tertiary alicyclic amines) is 1. The third kappa shape index (κ3) is 3.39. The number of piperidine rings is 1. The Morgan fingerprint density at radius 2 is 2.14 bits per heavy atom. The summed E-state index contributed by atoms with van der Waals surface area (Å²) in [7, 11) is 1.56. The van der Waals surface area contributed by atoms with Gasteiger partial charge in [-0.15, -0.1) is 0 Å². The Bertz CT molecular complexity index is 500. The van der Waals surface area contributed by atoms with Crippen LogP contribution in [0.1, 0.15) is 29.6 Å². The molecule has 0 aromatic carbocycles. The number of ether oxygens (including phenoxy) is 2. The topological polar surface area (TPSA) is 63.7 Å². The Hall–Kier alpha value is -1.66. The summed E-state index contributed by atoms with van der Waals surface area (Å²) >= 11 is 0. The van der Waals surface area contributed by atoms with Gasteiger partial charge in [0, 0.05) is 12.3 Å². The number of hydrogen-bond donors (Lipinski definition) is 1. The van der Waals surface area contributed by atoms with E-state index in [0.717, 1.165) is 13.1 Å². The van der Waals surface area contributed by atoms with Crippen molar-refractivity contribution in [3.8, 4) is 5.88 Å². The lowest BCUT2D eigenvalue weighted by molar-refractivity contribution is 0.0899. The minimum absolute atomic E-state index is 0.0488. The summed E-state index contributed by atoms with van der Waals surface area (Å²) in [6.07, 6.45) is 5.32. The van der Waals surface area contributed by atoms with E-state index in [-0.39, 0.29) is 18.0 Å². The highest BCUT2D eigenvalue weighted by Crippen LogP contribution is 2.19. The van der Waals surface area contributed by atoms with Gasteiger partial charge in [0.25, 0.3) is 5.91 Å². The molecule has 0 saturated carbocycles. The van der Waals surface area contributed by atoms with Crippen LogP contribution in [-0.2, 0) is 4.74 Å². The second kappa shape index (κ2) is 7.07. The molecule has 6 nitrogen and oxygen atoms in total. The van der Waals surface area contributed by atoms with Crippen LogP contribution in [0, 0.1) is 0 Å². The fraction of sp³-hybridized carbons (Fsp3) is 0.625. The van der Waals surface area contributed by atoms with Crippen molar-refractivity contribution in [1.82, 2.24) is 15.2 Å². The molecule has 0 spiro atoms. The zero-order valence-corrected chi connectivity index (χ0v) is 13.0. The molecule has 0 radical (unpaired) electrons. The fourth-order valence-corrected chi connectivity index (χ4v) is 3.18.